The van der Waals surface area contributed by atoms with Gasteiger partial charge in [-0.25, -0.2) is 20.6 Å². The molecule has 0 aliphatic carbocycles. The first kappa shape index (κ1) is 18.9. The molecule has 0 unspecified atom stereocenters. The molecule has 0 saturated carbocycles. The lowest BCUT2D eigenvalue weighted by Crippen LogP contribution is -2.62. The van der Waals surface area contributed by atoms with E-state index in [1.807, 2.05) is 34.6 Å². The van der Waals surface area contributed by atoms with E-state index in [0.717, 1.165) is 0 Å². The van der Waals surface area contributed by atoms with Crippen molar-refractivity contribution in [1.29, 1.82) is 0 Å². The number of nitrogens with two attached hydrogens (primary N) is 1. The van der Waals surface area contributed by atoms with E-state index in [1.165, 1.54) is 12.4 Å². The Balaban J connectivity index is 2.09. The van der Waals surface area contributed by atoms with Gasteiger partial charge in [0.2, 0.25) is 5.95 Å². The number of hydrogen-bond donors (Lipinski definition) is 2. The molecule has 3 N–H and O–H groups in total. The third kappa shape index (κ3) is 4.56. The van der Waals surface area contributed by atoms with Crippen LogP contribution in [0.3, 0.4) is 0 Å². The first-order chi connectivity index (χ1) is 11.5. The van der Waals surface area contributed by atoms with Gasteiger partial charge in [0.15, 0.2) is 0 Å². The molecule has 0 bridgehead atoms. The first-order valence-electron chi connectivity index (χ1n) is 8.12. The number of nitrogens with zero attached hydrogens (tertiary/aromatic N) is 4. The van der Waals surface area contributed by atoms with Crippen molar-refractivity contribution in [2.24, 2.45) is 5.84 Å². The molecule has 1 fully saturated rings. The fourth-order valence-corrected chi connectivity index (χ4v) is 2.68. The summed E-state index contributed by atoms with van der Waals surface area (Å²) in [6.45, 7) is 10.5. The minimum absolute atomic E-state index is 0.183. The van der Waals surface area contributed by atoms with Crippen molar-refractivity contribution in [3.63, 3.8) is 0 Å². The largest absolute Gasteiger partial charge is 0.444 e. The highest BCUT2D eigenvalue weighted by atomic mass is 16.6. The molecule has 0 spiro atoms. The number of nitrogens with one attached hydrogen (secondary N) is 1. The average Bonchev–Trinajstić information content (AvgIpc) is 2.51. The van der Waals surface area contributed by atoms with Crippen molar-refractivity contribution in [3.8, 4) is 0 Å². The summed E-state index contributed by atoms with van der Waals surface area (Å²) in [7, 11) is 0. The minimum atomic E-state index is -0.551. The van der Waals surface area contributed by atoms with E-state index in [0.29, 0.717) is 25.2 Å². The predicted octanol–water partition coefficient (Wildman–Crippen LogP) is 1.23. The number of hydrogen-bond acceptors (Lipinski definition) is 7. The van der Waals surface area contributed by atoms with Crippen LogP contribution in [0.4, 0.5) is 10.7 Å². The summed E-state index contributed by atoms with van der Waals surface area (Å²) in [6, 6.07) is 0. The van der Waals surface area contributed by atoms with Gasteiger partial charge in [-0.15, -0.1) is 0 Å². The lowest BCUT2D eigenvalue weighted by Gasteiger charge is -2.47. The van der Waals surface area contributed by atoms with Gasteiger partial charge in [0.1, 0.15) is 5.60 Å². The zero-order valence-corrected chi connectivity index (χ0v) is 15.4. The second-order valence-electron chi connectivity index (χ2n) is 7.61. The molecule has 138 valence electrons. The zero-order chi connectivity index (χ0) is 18.8. The number of nitrogen functional groups attached to an aromatic ring is 1. The molecule has 2 rings (SSSR count). The minimum Gasteiger partial charge on any atom is -0.444 e. The molecule has 0 radical (unpaired) electrons. The maximum atomic E-state index is 12.8. The van der Waals surface area contributed by atoms with E-state index in [1.54, 1.807) is 9.80 Å². The van der Waals surface area contributed by atoms with Crippen LogP contribution in [-0.2, 0) is 4.74 Å². The normalized spacial score (nSPS) is 17.2. The SMILES string of the molecule is CC(C)(C)OC(=O)N1CCN(C(=O)c2cnc(NN)nc2)C(C)(C)C1. The molecule has 25 heavy (non-hydrogen) atoms. The van der Waals surface area contributed by atoms with E-state index in [-0.39, 0.29) is 17.9 Å². The molecule has 0 aromatic carbocycles. The number of anilines is 1. The molecule has 1 aromatic heterocycles. The molecule has 1 saturated heterocycles. The van der Waals surface area contributed by atoms with Gasteiger partial charge in [-0.05, 0) is 34.6 Å². The molecule has 9 heteroatoms. The second-order valence-corrected chi connectivity index (χ2v) is 7.61. The summed E-state index contributed by atoms with van der Waals surface area (Å²) >= 11 is 0. The molecule has 2 amide bonds. The fourth-order valence-electron chi connectivity index (χ4n) is 2.68. The van der Waals surface area contributed by atoms with Gasteiger partial charge >= 0.3 is 6.09 Å². The summed E-state index contributed by atoms with van der Waals surface area (Å²) < 4.78 is 5.42. The van der Waals surface area contributed by atoms with Crippen LogP contribution in [0.15, 0.2) is 12.4 Å². The summed E-state index contributed by atoms with van der Waals surface area (Å²) in [5, 5.41) is 0. The van der Waals surface area contributed by atoms with Gasteiger partial charge in [-0.3, -0.25) is 10.2 Å². The number of aromatic nitrogens is 2. The van der Waals surface area contributed by atoms with Crippen molar-refractivity contribution >= 4 is 17.9 Å². The van der Waals surface area contributed by atoms with Crippen LogP contribution in [-0.4, -0.2) is 62.5 Å². The first-order valence-corrected chi connectivity index (χ1v) is 8.12. The number of piperazine rings is 1. The Morgan fingerprint density at radius 1 is 1.24 bits per heavy atom. The molecule has 9 nitrogen and oxygen atoms in total. The fraction of sp³-hybridized carbons (Fsp3) is 0.625. The Labute approximate surface area is 147 Å². The van der Waals surface area contributed by atoms with Crippen molar-refractivity contribution in [1.82, 2.24) is 19.8 Å². The van der Waals surface area contributed by atoms with Gasteiger partial charge < -0.3 is 14.5 Å². The number of hydrazine groups is 1. The molecular weight excluding hydrogens is 324 g/mol. The van der Waals surface area contributed by atoms with E-state index in [9.17, 15) is 9.59 Å². The van der Waals surface area contributed by atoms with E-state index in [2.05, 4.69) is 15.4 Å². The molecule has 1 aliphatic rings. The van der Waals surface area contributed by atoms with Gasteiger partial charge in [-0.2, -0.15) is 0 Å². The molecule has 2 heterocycles. The number of rotatable bonds is 2. The summed E-state index contributed by atoms with van der Waals surface area (Å²) in [5.74, 6) is 5.29. The number of carbonyl (C=O) groups excluding carboxylic acids is 2. The van der Waals surface area contributed by atoms with Crippen LogP contribution in [0.25, 0.3) is 0 Å². The van der Waals surface area contributed by atoms with Crippen LogP contribution in [0.5, 0.6) is 0 Å². The van der Waals surface area contributed by atoms with Gasteiger partial charge in [0, 0.05) is 32.0 Å². The summed E-state index contributed by atoms with van der Waals surface area (Å²) in [6.07, 6.45) is 2.50. The molecule has 1 aliphatic heterocycles. The van der Waals surface area contributed by atoms with Gasteiger partial charge in [0.25, 0.3) is 5.91 Å². The number of ether oxygens (including phenoxy) is 1. The molecular formula is C16H26N6O3. The standard InChI is InChI=1S/C16H26N6O3/c1-15(2,3)25-14(24)21-6-7-22(16(4,5)10-21)12(23)11-8-18-13(20-17)19-9-11/h8-9H,6-7,10,17H2,1-5H3,(H,18,19,20). The topological polar surface area (TPSA) is 114 Å². The average molecular weight is 350 g/mol. The monoisotopic (exact) mass is 350 g/mol. The zero-order valence-electron chi connectivity index (χ0n) is 15.4. The van der Waals surface area contributed by atoms with Gasteiger partial charge in [0.05, 0.1) is 11.1 Å². The quantitative estimate of drug-likeness (QED) is 0.609. The Bertz CT molecular complexity index is 638. The maximum Gasteiger partial charge on any atom is 0.410 e. The lowest BCUT2D eigenvalue weighted by molar-refractivity contribution is -0.0109. The highest BCUT2D eigenvalue weighted by Gasteiger charge is 2.40. The maximum absolute atomic E-state index is 12.8. The Kier molecular flexibility index (Phi) is 5.17. The van der Waals surface area contributed by atoms with Crippen molar-refractivity contribution in [2.45, 2.75) is 45.8 Å². The van der Waals surface area contributed by atoms with Crippen molar-refractivity contribution in [3.05, 3.63) is 18.0 Å². The third-order valence-corrected chi connectivity index (χ3v) is 3.83. The molecule has 0 atom stereocenters. The van der Waals surface area contributed by atoms with Crippen LogP contribution in [0, 0.1) is 0 Å². The Morgan fingerprint density at radius 2 is 1.84 bits per heavy atom. The summed E-state index contributed by atoms with van der Waals surface area (Å²) in [4.78, 5) is 36.3. The van der Waals surface area contributed by atoms with Crippen LogP contribution in [0.1, 0.15) is 45.0 Å². The van der Waals surface area contributed by atoms with E-state index in [4.69, 9.17) is 10.6 Å². The van der Waals surface area contributed by atoms with E-state index >= 15 is 0 Å². The highest BCUT2D eigenvalue weighted by molar-refractivity contribution is 5.94. The lowest BCUT2D eigenvalue weighted by atomic mass is 9.98. The molecule has 1 aromatic rings. The predicted molar refractivity (Wildman–Crippen MR) is 92.8 cm³/mol. The summed E-state index contributed by atoms with van der Waals surface area (Å²) in [5.41, 5.74) is 1.60. The van der Waals surface area contributed by atoms with Crippen molar-refractivity contribution < 1.29 is 14.3 Å². The van der Waals surface area contributed by atoms with Gasteiger partial charge in [-0.1, -0.05) is 0 Å². The smallest absolute Gasteiger partial charge is 0.410 e. The van der Waals surface area contributed by atoms with Crippen LogP contribution in [0.2, 0.25) is 0 Å². The van der Waals surface area contributed by atoms with Crippen LogP contribution < -0.4 is 11.3 Å². The Morgan fingerprint density at radius 3 is 2.32 bits per heavy atom. The third-order valence-electron chi connectivity index (χ3n) is 3.83. The highest BCUT2D eigenvalue weighted by Crippen LogP contribution is 2.24. The van der Waals surface area contributed by atoms with E-state index < -0.39 is 11.1 Å². The van der Waals surface area contributed by atoms with Crippen LogP contribution >= 0.6 is 0 Å². The van der Waals surface area contributed by atoms with Crippen molar-refractivity contribution in [2.75, 3.05) is 25.1 Å². The second kappa shape index (κ2) is 6.83. The Hall–Kier alpha value is -2.42. The number of carbonyl (C=O) groups is 2. The number of amides is 2.